The van der Waals surface area contributed by atoms with E-state index in [9.17, 15) is 9.69 Å². The van der Waals surface area contributed by atoms with Gasteiger partial charge >= 0.3 is 0 Å². The fourth-order valence-electron chi connectivity index (χ4n) is 2.26. The van der Waals surface area contributed by atoms with Crippen LogP contribution in [0.2, 0.25) is 0 Å². The number of benzene rings is 1. The van der Waals surface area contributed by atoms with E-state index in [1.165, 1.54) is 24.1 Å². The first-order valence-electron chi connectivity index (χ1n) is 5.94. The van der Waals surface area contributed by atoms with Gasteiger partial charge in [0, 0.05) is 24.1 Å². The quantitative estimate of drug-likeness (QED) is 0.812. The van der Waals surface area contributed by atoms with Crippen molar-refractivity contribution in [2.75, 3.05) is 23.0 Å². The number of hydrogen-bond donors (Lipinski definition) is 1. The summed E-state index contributed by atoms with van der Waals surface area (Å²) in [6.45, 7) is 2.17. The van der Waals surface area contributed by atoms with Gasteiger partial charge in [0.1, 0.15) is 6.20 Å². The lowest BCUT2D eigenvalue weighted by Crippen LogP contribution is -2.38. The van der Waals surface area contributed by atoms with Gasteiger partial charge in [0.2, 0.25) is 0 Å². The van der Waals surface area contributed by atoms with E-state index in [2.05, 4.69) is 11.1 Å². The summed E-state index contributed by atoms with van der Waals surface area (Å²) in [4.78, 5) is 2.31. The van der Waals surface area contributed by atoms with Gasteiger partial charge in [0.05, 0.1) is 11.9 Å². The molecule has 18 heavy (non-hydrogen) atoms. The Morgan fingerprint density at radius 3 is 2.22 bits per heavy atom. The molecule has 5 nitrogen and oxygen atoms in total. The van der Waals surface area contributed by atoms with Crippen LogP contribution in [0.15, 0.2) is 30.5 Å². The van der Waals surface area contributed by atoms with E-state index < -0.39 is 0 Å². The molecule has 0 unspecified atom stereocenters. The summed E-state index contributed by atoms with van der Waals surface area (Å²) in [5.41, 5.74) is 1.83. The second-order valence-corrected chi connectivity index (χ2v) is 4.34. The van der Waals surface area contributed by atoms with Crippen LogP contribution in [0.5, 0.6) is 0 Å². The minimum atomic E-state index is -0.0195. The predicted octanol–water partition coefficient (Wildman–Crippen LogP) is 2.09. The van der Waals surface area contributed by atoms with Crippen molar-refractivity contribution in [1.82, 2.24) is 10.5 Å². The van der Waals surface area contributed by atoms with Gasteiger partial charge in [-0.25, -0.2) is 5.01 Å². The third kappa shape index (κ3) is 1.89. The van der Waals surface area contributed by atoms with Crippen LogP contribution in [0.25, 0.3) is 0 Å². The molecule has 1 aromatic rings. The zero-order valence-electron chi connectivity index (χ0n) is 9.83. The number of halogens is 1. The second-order valence-electron chi connectivity index (χ2n) is 4.34. The fourth-order valence-corrected chi connectivity index (χ4v) is 2.26. The molecule has 0 amide bonds. The van der Waals surface area contributed by atoms with Crippen molar-refractivity contribution in [3.05, 3.63) is 36.7 Å². The van der Waals surface area contributed by atoms with E-state index in [0.29, 0.717) is 11.0 Å². The summed E-state index contributed by atoms with van der Waals surface area (Å²) < 4.78 is 12.9. The highest BCUT2D eigenvalue weighted by Crippen LogP contribution is 2.26. The Hall–Kier alpha value is -1.79. The zero-order chi connectivity index (χ0) is 12.5. The topological polar surface area (TPSA) is 33.2 Å². The molecular weight excluding hydrogens is 235 g/mol. The first-order valence-corrected chi connectivity index (χ1v) is 5.94. The standard InChI is InChI=1S/C12H14FN4O/c13-16-10-9-15(17(16)18)12-5-3-11(4-6-12)14-7-1-2-8-14/h3-6,9,18H,1-2,7-8H2. The summed E-state index contributed by atoms with van der Waals surface area (Å²) in [5, 5.41) is 11.0. The molecule has 1 saturated heterocycles. The van der Waals surface area contributed by atoms with Crippen molar-refractivity contribution >= 4 is 11.4 Å². The molecule has 3 rings (SSSR count). The van der Waals surface area contributed by atoms with Crippen LogP contribution in [0.4, 0.5) is 15.9 Å². The lowest BCUT2D eigenvalue weighted by molar-refractivity contribution is -0.293. The Bertz CT molecular complexity index is 444. The molecule has 2 aliphatic rings. The molecular formula is C12H14FN4O. The Morgan fingerprint density at radius 2 is 1.67 bits per heavy atom. The molecule has 1 N–H and O–H groups in total. The highest BCUT2D eigenvalue weighted by Gasteiger charge is 2.24. The number of nitrogens with zero attached hydrogens (tertiary/aromatic N) is 4. The first kappa shape index (κ1) is 11.3. The highest BCUT2D eigenvalue weighted by molar-refractivity contribution is 5.57. The summed E-state index contributed by atoms with van der Waals surface area (Å²) >= 11 is 0. The molecule has 0 aromatic heterocycles. The maximum atomic E-state index is 12.9. The van der Waals surface area contributed by atoms with E-state index in [4.69, 9.17) is 0 Å². The third-order valence-electron chi connectivity index (χ3n) is 3.22. The zero-order valence-corrected chi connectivity index (χ0v) is 9.83. The molecule has 1 fully saturated rings. The number of hydrogen-bond acceptors (Lipinski definition) is 5. The Kier molecular flexibility index (Phi) is 2.81. The normalized spacial score (nSPS) is 20.2. The van der Waals surface area contributed by atoms with Crippen molar-refractivity contribution in [2.24, 2.45) is 0 Å². The van der Waals surface area contributed by atoms with Gasteiger partial charge in [-0.15, -0.1) is 0 Å². The Balaban J connectivity index is 1.77. The van der Waals surface area contributed by atoms with E-state index >= 15 is 0 Å². The number of anilines is 2. The fraction of sp³-hybridized carbons (Fsp3) is 0.333. The van der Waals surface area contributed by atoms with E-state index in [0.717, 1.165) is 18.8 Å². The summed E-state index contributed by atoms with van der Waals surface area (Å²) in [5.74, 6) is 0. The number of hydrazine groups is 2. The molecule has 0 bridgehead atoms. The van der Waals surface area contributed by atoms with Gasteiger partial charge in [0.25, 0.3) is 0 Å². The smallest absolute Gasteiger partial charge is 0.139 e. The van der Waals surface area contributed by atoms with Crippen molar-refractivity contribution in [1.29, 1.82) is 0 Å². The van der Waals surface area contributed by atoms with Crippen LogP contribution in [0.3, 0.4) is 0 Å². The molecule has 0 spiro atoms. The highest BCUT2D eigenvalue weighted by atomic mass is 19.2. The molecule has 1 radical (unpaired) electrons. The van der Waals surface area contributed by atoms with Crippen LogP contribution in [0, 0.1) is 6.20 Å². The minimum Gasteiger partial charge on any atom is -0.372 e. The molecule has 2 aliphatic heterocycles. The molecule has 6 heteroatoms. The molecule has 0 saturated carbocycles. The van der Waals surface area contributed by atoms with Crippen LogP contribution in [-0.4, -0.2) is 28.8 Å². The maximum Gasteiger partial charge on any atom is 0.139 e. The lowest BCUT2D eigenvalue weighted by atomic mass is 10.2. The molecule has 2 heterocycles. The van der Waals surface area contributed by atoms with Crippen LogP contribution >= 0.6 is 0 Å². The Morgan fingerprint density at radius 1 is 1.06 bits per heavy atom. The average Bonchev–Trinajstić information content (AvgIpc) is 3.02. The van der Waals surface area contributed by atoms with Crippen LogP contribution in [-0.2, 0) is 0 Å². The van der Waals surface area contributed by atoms with Crippen molar-refractivity contribution in [2.45, 2.75) is 12.8 Å². The van der Waals surface area contributed by atoms with Gasteiger partial charge in [-0.05, 0) is 37.1 Å². The Labute approximate surface area is 105 Å². The predicted molar refractivity (Wildman–Crippen MR) is 64.8 cm³/mol. The summed E-state index contributed by atoms with van der Waals surface area (Å²) in [7, 11) is 0. The third-order valence-corrected chi connectivity index (χ3v) is 3.22. The van der Waals surface area contributed by atoms with Gasteiger partial charge in [0.15, 0.2) is 0 Å². The van der Waals surface area contributed by atoms with E-state index in [1.54, 1.807) is 0 Å². The van der Waals surface area contributed by atoms with Gasteiger partial charge in [-0.1, -0.05) is 9.71 Å². The van der Waals surface area contributed by atoms with E-state index in [-0.39, 0.29) is 5.23 Å². The van der Waals surface area contributed by atoms with Crippen molar-refractivity contribution < 1.29 is 9.69 Å². The molecule has 0 atom stereocenters. The molecule has 1 aromatic carbocycles. The minimum absolute atomic E-state index is 0.0195. The number of rotatable bonds is 2. The van der Waals surface area contributed by atoms with Crippen molar-refractivity contribution in [3.63, 3.8) is 0 Å². The monoisotopic (exact) mass is 249 g/mol. The largest absolute Gasteiger partial charge is 0.372 e. The van der Waals surface area contributed by atoms with Gasteiger partial charge in [-0.3, -0.25) is 5.21 Å². The van der Waals surface area contributed by atoms with E-state index in [1.807, 2.05) is 24.3 Å². The summed E-state index contributed by atoms with van der Waals surface area (Å²) in [6, 6.07) is 7.63. The maximum absolute atomic E-state index is 12.9. The molecule has 0 aliphatic carbocycles. The van der Waals surface area contributed by atoms with Gasteiger partial charge < -0.3 is 4.90 Å². The summed E-state index contributed by atoms with van der Waals surface area (Å²) in [6.07, 6.45) is 6.00. The van der Waals surface area contributed by atoms with Crippen LogP contribution in [0.1, 0.15) is 12.8 Å². The SMILES string of the molecule is ON1N(F)[C]=CN1c1ccc(N2CCCC2)cc1. The average molecular weight is 249 g/mol. The van der Waals surface area contributed by atoms with Crippen molar-refractivity contribution in [3.8, 4) is 0 Å². The first-order chi connectivity index (χ1) is 8.75. The second kappa shape index (κ2) is 4.47. The van der Waals surface area contributed by atoms with Gasteiger partial charge in [-0.2, -0.15) is 0 Å². The van der Waals surface area contributed by atoms with Crippen LogP contribution < -0.4 is 9.91 Å². The molecule has 95 valence electrons. The lowest BCUT2D eigenvalue weighted by Gasteiger charge is -2.24.